The van der Waals surface area contributed by atoms with Crippen LogP contribution < -0.4 is 0 Å². The number of carbonyl (C=O) groups excluding carboxylic acids is 3. The summed E-state index contributed by atoms with van der Waals surface area (Å²) in [5, 5.41) is 8.20. The van der Waals surface area contributed by atoms with Gasteiger partial charge in [-0.1, -0.05) is 35.5 Å². The van der Waals surface area contributed by atoms with Crippen LogP contribution in [0.1, 0.15) is 27.0 Å². The van der Waals surface area contributed by atoms with E-state index in [1.807, 2.05) is 30.3 Å². The Kier molecular flexibility index (Phi) is 6.23. The van der Waals surface area contributed by atoms with Gasteiger partial charge in [0.25, 0.3) is 0 Å². The lowest BCUT2D eigenvalue weighted by atomic mass is 10.0. The largest absolute Gasteiger partial charge is 0.456 e. The van der Waals surface area contributed by atoms with Crippen LogP contribution in [0, 0.1) is 0 Å². The SMILES string of the molecule is CC(=O)O[C@@H]1[C@@H](OC(C)=O)[C@H](n2cc(-c3ccccc3)nn2)OC[C@@H]1OC(C)=O. The maximum Gasteiger partial charge on any atom is 0.303 e. The third kappa shape index (κ3) is 4.96. The summed E-state index contributed by atoms with van der Waals surface area (Å²) in [4.78, 5) is 34.8. The molecule has 0 bridgehead atoms. The molecule has 0 N–H and O–H groups in total. The van der Waals surface area contributed by atoms with Gasteiger partial charge in [-0.2, -0.15) is 0 Å². The molecule has 1 aromatic carbocycles. The zero-order chi connectivity index (χ0) is 21.0. The predicted octanol–water partition coefficient (Wildman–Crippen LogP) is 1.27. The quantitative estimate of drug-likeness (QED) is 0.537. The average molecular weight is 403 g/mol. The molecule has 0 amide bonds. The lowest BCUT2D eigenvalue weighted by molar-refractivity contribution is -0.241. The van der Waals surface area contributed by atoms with Crippen molar-refractivity contribution in [1.29, 1.82) is 0 Å². The summed E-state index contributed by atoms with van der Waals surface area (Å²) < 4.78 is 23.1. The van der Waals surface area contributed by atoms with Crippen molar-refractivity contribution in [2.45, 2.75) is 45.3 Å². The second-order valence-electron chi connectivity index (χ2n) is 6.47. The monoisotopic (exact) mass is 403 g/mol. The maximum atomic E-state index is 11.7. The van der Waals surface area contributed by atoms with Crippen molar-refractivity contribution in [3.8, 4) is 11.3 Å². The smallest absolute Gasteiger partial charge is 0.303 e. The first kappa shape index (κ1) is 20.5. The molecule has 10 nitrogen and oxygen atoms in total. The number of hydrogen-bond donors (Lipinski definition) is 0. The van der Waals surface area contributed by atoms with Gasteiger partial charge >= 0.3 is 17.9 Å². The van der Waals surface area contributed by atoms with Gasteiger partial charge in [-0.05, 0) is 0 Å². The van der Waals surface area contributed by atoms with E-state index in [0.29, 0.717) is 5.69 Å². The minimum Gasteiger partial charge on any atom is -0.456 e. The molecule has 1 saturated heterocycles. The Morgan fingerprint density at radius 1 is 0.966 bits per heavy atom. The van der Waals surface area contributed by atoms with Crippen LogP contribution in [0.4, 0.5) is 0 Å². The highest BCUT2D eigenvalue weighted by Crippen LogP contribution is 2.31. The van der Waals surface area contributed by atoms with Crippen LogP contribution in [0.15, 0.2) is 36.5 Å². The third-order valence-electron chi connectivity index (χ3n) is 4.16. The van der Waals surface area contributed by atoms with E-state index in [9.17, 15) is 14.4 Å². The second-order valence-corrected chi connectivity index (χ2v) is 6.47. The molecule has 3 rings (SSSR count). The Morgan fingerprint density at radius 2 is 1.59 bits per heavy atom. The molecule has 0 radical (unpaired) electrons. The fourth-order valence-corrected chi connectivity index (χ4v) is 3.09. The normalized spacial score (nSPS) is 23.8. The van der Waals surface area contributed by atoms with Crippen LogP contribution in [0.25, 0.3) is 11.3 Å². The molecule has 4 atom stereocenters. The van der Waals surface area contributed by atoms with E-state index >= 15 is 0 Å². The van der Waals surface area contributed by atoms with Crippen LogP contribution in [0.3, 0.4) is 0 Å². The predicted molar refractivity (Wildman–Crippen MR) is 97.1 cm³/mol. The van der Waals surface area contributed by atoms with Gasteiger partial charge in [0.15, 0.2) is 24.5 Å². The summed E-state index contributed by atoms with van der Waals surface area (Å²) in [7, 11) is 0. The Morgan fingerprint density at radius 3 is 2.21 bits per heavy atom. The molecule has 0 saturated carbocycles. The van der Waals surface area contributed by atoms with E-state index < -0.39 is 42.4 Å². The highest BCUT2D eigenvalue weighted by molar-refractivity contribution is 5.68. The fraction of sp³-hybridized carbons (Fsp3) is 0.421. The topological polar surface area (TPSA) is 119 Å². The minimum atomic E-state index is -1.10. The van der Waals surface area contributed by atoms with Crippen LogP contribution in [-0.4, -0.2) is 57.8 Å². The van der Waals surface area contributed by atoms with Crippen molar-refractivity contribution >= 4 is 17.9 Å². The number of ether oxygens (including phenoxy) is 4. The van der Waals surface area contributed by atoms with Gasteiger partial charge in [0.05, 0.1) is 12.8 Å². The Balaban J connectivity index is 1.92. The van der Waals surface area contributed by atoms with Crippen molar-refractivity contribution < 1.29 is 33.3 Å². The van der Waals surface area contributed by atoms with E-state index in [-0.39, 0.29) is 6.61 Å². The summed E-state index contributed by atoms with van der Waals surface area (Å²) in [5.41, 5.74) is 1.43. The first-order valence-corrected chi connectivity index (χ1v) is 8.95. The number of rotatable bonds is 5. The van der Waals surface area contributed by atoms with Crippen LogP contribution in [0.5, 0.6) is 0 Å². The van der Waals surface area contributed by atoms with Crippen molar-refractivity contribution in [2.24, 2.45) is 0 Å². The lowest BCUT2D eigenvalue weighted by Crippen LogP contribution is -2.55. The number of benzene rings is 1. The van der Waals surface area contributed by atoms with Crippen LogP contribution in [-0.2, 0) is 33.3 Å². The van der Waals surface area contributed by atoms with Gasteiger partial charge in [-0.15, -0.1) is 5.10 Å². The molecule has 1 aliphatic rings. The first-order valence-electron chi connectivity index (χ1n) is 8.95. The highest BCUT2D eigenvalue weighted by atomic mass is 16.6. The standard InChI is InChI=1S/C19H21N3O7/c1-11(23)27-16-10-26-19(18(29-13(3)25)17(16)28-12(2)24)22-9-15(20-21-22)14-7-5-4-6-8-14/h4-9,16-19H,10H2,1-3H3/t16-,17-,18+,19+/m0/s1. The Labute approximate surface area is 166 Å². The molecule has 0 unspecified atom stereocenters. The Hall–Kier alpha value is -3.27. The highest BCUT2D eigenvalue weighted by Gasteiger charge is 2.48. The van der Waals surface area contributed by atoms with Crippen LogP contribution in [0.2, 0.25) is 0 Å². The minimum absolute atomic E-state index is 0.0828. The van der Waals surface area contributed by atoms with Gasteiger partial charge in [0.2, 0.25) is 0 Å². The molecule has 2 aromatic rings. The molecule has 10 heteroatoms. The lowest BCUT2D eigenvalue weighted by Gasteiger charge is -2.40. The molecule has 2 heterocycles. The van der Waals surface area contributed by atoms with Crippen molar-refractivity contribution in [1.82, 2.24) is 15.0 Å². The van der Waals surface area contributed by atoms with Crippen molar-refractivity contribution in [3.63, 3.8) is 0 Å². The summed E-state index contributed by atoms with van der Waals surface area (Å²) in [6, 6.07) is 9.37. The molecule has 1 aliphatic heterocycles. The molecule has 0 aliphatic carbocycles. The summed E-state index contributed by atoms with van der Waals surface area (Å²) in [5.74, 6) is -1.82. The number of aromatic nitrogens is 3. The van der Waals surface area contributed by atoms with E-state index in [1.165, 1.54) is 25.5 Å². The fourth-order valence-electron chi connectivity index (χ4n) is 3.09. The molecular weight excluding hydrogens is 382 g/mol. The van der Waals surface area contributed by atoms with Crippen molar-refractivity contribution in [3.05, 3.63) is 36.5 Å². The maximum absolute atomic E-state index is 11.7. The molecule has 0 spiro atoms. The van der Waals surface area contributed by atoms with Gasteiger partial charge in [-0.3, -0.25) is 14.4 Å². The van der Waals surface area contributed by atoms with E-state index in [2.05, 4.69) is 10.3 Å². The third-order valence-corrected chi connectivity index (χ3v) is 4.16. The van der Waals surface area contributed by atoms with E-state index in [1.54, 1.807) is 6.20 Å². The summed E-state index contributed by atoms with van der Waals surface area (Å²) in [6.45, 7) is 3.57. The molecule has 154 valence electrons. The Bertz CT molecular complexity index is 883. The molecule has 29 heavy (non-hydrogen) atoms. The first-order chi connectivity index (χ1) is 13.8. The average Bonchev–Trinajstić information content (AvgIpc) is 3.14. The number of nitrogens with zero attached hydrogens (tertiary/aromatic N) is 3. The van der Waals surface area contributed by atoms with Gasteiger partial charge in [0.1, 0.15) is 5.69 Å². The van der Waals surface area contributed by atoms with Gasteiger partial charge < -0.3 is 18.9 Å². The van der Waals surface area contributed by atoms with E-state index in [0.717, 1.165) is 5.56 Å². The summed E-state index contributed by atoms with van der Waals surface area (Å²) in [6.07, 6.45) is -2.40. The number of hydrogen-bond acceptors (Lipinski definition) is 9. The van der Waals surface area contributed by atoms with Crippen LogP contribution >= 0.6 is 0 Å². The van der Waals surface area contributed by atoms with Gasteiger partial charge in [0, 0.05) is 26.3 Å². The molecular formula is C19H21N3O7. The van der Waals surface area contributed by atoms with Gasteiger partial charge in [-0.25, -0.2) is 4.68 Å². The zero-order valence-corrected chi connectivity index (χ0v) is 16.2. The number of esters is 3. The summed E-state index contributed by atoms with van der Waals surface area (Å²) >= 11 is 0. The van der Waals surface area contributed by atoms with E-state index in [4.69, 9.17) is 18.9 Å². The second kappa shape index (κ2) is 8.82. The molecule has 1 aromatic heterocycles. The molecule has 1 fully saturated rings. The number of carbonyl (C=O) groups is 3. The zero-order valence-electron chi connectivity index (χ0n) is 16.2. The van der Waals surface area contributed by atoms with Crippen molar-refractivity contribution in [2.75, 3.05) is 6.61 Å².